The van der Waals surface area contributed by atoms with Gasteiger partial charge in [0.05, 0.1) is 11.0 Å². The molecular formula is C17H24O5. The molecule has 2 aliphatic heterocycles. The Balaban J connectivity index is 2.12. The van der Waals surface area contributed by atoms with Crippen LogP contribution in [-0.2, 0) is 23.9 Å². The largest absolute Gasteiger partial charge is 0.457 e. The second-order valence-corrected chi connectivity index (χ2v) is 8.12. The van der Waals surface area contributed by atoms with Crippen LogP contribution in [0.1, 0.15) is 59.8 Å². The molecule has 0 N–H and O–H groups in total. The molecule has 3 aliphatic rings. The molecule has 122 valence electrons. The van der Waals surface area contributed by atoms with Gasteiger partial charge in [0, 0.05) is 12.3 Å². The van der Waals surface area contributed by atoms with Crippen molar-refractivity contribution in [2.45, 2.75) is 76.6 Å². The van der Waals surface area contributed by atoms with Crippen molar-refractivity contribution in [3.05, 3.63) is 0 Å². The number of hydrogen-bond acceptors (Lipinski definition) is 5. The molecule has 22 heavy (non-hydrogen) atoms. The summed E-state index contributed by atoms with van der Waals surface area (Å²) >= 11 is 0. The zero-order valence-electron chi connectivity index (χ0n) is 13.7. The number of ketones is 1. The van der Waals surface area contributed by atoms with Gasteiger partial charge in [0.15, 0.2) is 5.78 Å². The van der Waals surface area contributed by atoms with Gasteiger partial charge in [-0.2, -0.15) is 0 Å². The molecule has 1 spiro atoms. The van der Waals surface area contributed by atoms with Gasteiger partial charge in [0.25, 0.3) is 0 Å². The maximum Gasteiger partial charge on any atom is 0.347 e. The Bertz CT molecular complexity index is 548. The summed E-state index contributed by atoms with van der Waals surface area (Å²) in [6, 6.07) is 0. The van der Waals surface area contributed by atoms with Crippen LogP contribution in [0.25, 0.3) is 0 Å². The zero-order valence-corrected chi connectivity index (χ0v) is 13.7. The van der Waals surface area contributed by atoms with Crippen LogP contribution in [0.3, 0.4) is 0 Å². The quantitative estimate of drug-likeness (QED) is 0.444. The van der Waals surface area contributed by atoms with E-state index < -0.39 is 28.2 Å². The highest BCUT2D eigenvalue weighted by Gasteiger charge is 2.78. The Morgan fingerprint density at radius 2 is 2.05 bits per heavy atom. The molecule has 0 amide bonds. The third kappa shape index (κ3) is 1.72. The molecule has 3 fully saturated rings. The van der Waals surface area contributed by atoms with Crippen LogP contribution in [0.4, 0.5) is 0 Å². The average Bonchev–Trinajstić information content (AvgIpc) is 2.88. The van der Waals surface area contributed by atoms with Crippen molar-refractivity contribution in [1.82, 2.24) is 0 Å². The SMILES string of the molecule is CC(C)(C)OC(=O)C12OC3(CCCC3C1(C)C=O)CCC2=O. The van der Waals surface area contributed by atoms with E-state index in [1.54, 1.807) is 27.7 Å². The summed E-state index contributed by atoms with van der Waals surface area (Å²) in [4.78, 5) is 37.6. The van der Waals surface area contributed by atoms with E-state index in [1.165, 1.54) is 0 Å². The van der Waals surface area contributed by atoms with Crippen molar-refractivity contribution in [2.24, 2.45) is 11.3 Å². The van der Waals surface area contributed by atoms with Crippen molar-refractivity contribution in [3.63, 3.8) is 0 Å². The first-order chi connectivity index (χ1) is 10.1. The van der Waals surface area contributed by atoms with Crippen molar-refractivity contribution in [2.75, 3.05) is 0 Å². The summed E-state index contributed by atoms with van der Waals surface area (Å²) < 4.78 is 11.7. The number of rotatable bonds is 2. The van der Waals surface area contributed by atoms with Crippen LogP contribution in [-0.4, -0.2) is 34.8 Å². The Labute approximate surface area is 130 Å². The minimum atomic E-state index is -1.76. The fourth-order valence-electron chi connectivity index (χ4n) is 4.77. The first kappa shape index (κ1) is 15.7. The van der Waals surface area contributed by atoms with Crippen molar-refractivity contribution >= 4 is 18.0 Å². The molecule has 0 radical (unpaired) electrons. The van der Waals surface area contributed by atoms with Gasteiger partial charge >= 0.3 is 5.97 Å². The minimum Gasteiger partial charge on any atom is -0.457 e. The molecule has 4 unspecified atom stereocenters. The molecule has 5 heteroatoms. The van der Waals surface area contributed by atoms with E-state index in [4.69, 9.17) is 9.47 Å². The number of hydrogen-bond donors (Lipinski definition) is 0. The lowest BCUT2D eigenvalue weighted by Gasteiger charge is -2.40. The van der Waals surface area contributed by atoms with Gasteiger partial charge < -0.3 is 14.3 Å². The summed E-state index contributed by atoms with van der Waals surface area (Å²) in [5, 5.41) is 0. The second-order valence-electron chi connectivity index (χ2n) is 8.12. The Morgan fingerprint density at radius 1 is 1.36 bits per heavy atom. The molecule has 2 saturated heterocycles. The van der Waals surface area contributed by atoms with Crippen LogP contribution >= 0.6 is 0 Å². The summed E-state index contributed by atoms with van der Waals surface area (Å²) in [5.41, 5.74) is -4.15. The lowest BCUT2D eigenvalue weighted by Crippen LogP contribution is -2.61. The van der Waals surface area contributed by atoms with Crippen LogP contribution in [0.2, 0.25) is 0 Å². The summed E-state index contributed by atoms with van der Waals surface area (Å²) in [6.07, 6.45) is 4.22. The number of Topliss-reactive ketones (excluding diaryl/α,β-unsaturated/α-hetero) is 1. The van der Waals surface area contributed by atoms with E-state index in [9.17, 15) is 14.4 Å². The maximum atomic E-state index is 12.9. The van der Waals surface area contributed by atoms with E-state index >= 15 is 0 Å². The van der Waals surface area contributed by atoms with Crippen molar-refractivity contribution in [3.8, 4) is 0 Å². The fraction of sp³-hybridized carbons (Fsp3) is 0.824. The number of fused-ring (bicyclic) bond motifs is 1. The molecule has 1 saturated carbocycles. The van der Waals surface area contributed by atoms with Gasteiger partial charge in [0.2, 0.25) is 5.60 Å². The van der Waals surface area contributed by atoms with Crippen LogP contribution < -0.4 is 0 Å². The van der Waals surface area contributed by atoms with Crippen molar-refractivity contribution in [1.29, 1.82) is 0 Å². The highest BCUT2D eigenvalue weighted by molar-refractivity contribution is 6.12. The minimum absolute atomic E-state index is 0.0866. The molecule has 3 rings (SSSR count). The summed E-state index contributed by atoms with van der Waals surface area (Å²) in [5.74, 6) is -1.10. The van der Waals surface area contributed by atoms with E-state index in [1.807, 2.05) is 0 Å². The Kier molecular flexibility index (Phi) is 3.13. The third-order valence-corrected chi connectivity index (χ3v) is 5.67. The lowest BCUT2D eigenvalue weighted by atomic mass is 9.65. The first-order valence-corrected chi connectivity index (χ1v) is 8.05. The predicted octanol–water partition coefficient (Wildman–Crippen LogP) is 2.20. The molecule has 2 heterocycles. The van der Waals surface area contributed by atoms with Gasteiger partial charge in [-0.1, -0.05) is 6.42 Å². The molecule has 0 aromatic rings. The van der Waals surface area contributed by atoms with Gasteiger partial charge in [-0.15, -0.1) is 0 Å². The number of esters is 1. The van der Waals surface area contributed by atoms with E-state index in [0.717, 1.165) is 25.5 Å². The molecule has 4 atom stereocenters. The molecule has 2 bridgehead atoms. The first-order valence-electron chi connectivity index (χ1n) is 8.05. The Morgan fingerprint density at radius 3 is 2.64 bits per heavy atom. The highest BCUT2D eigenvalue weighted by Crippen LogP contribution is 2.65. The molecule has 0 aromatic heterocycles. The normalized spacial score (nSPS) is 43.8. The van der Waals surface area contributed by atoms with Crippen LogP contribution in [0.5, 0.6) is 0 Å². The van der Waals surface area contributed by atoms with Crippen LogP contribution in [0, 0.1) is 11.3 Å². The summed E-state index contributed by atoms with van der Waals surface area (Å²) in [6.45, 7) is 6.95. The Hall–Kier alpha value is -1.23. The predicted molar refractivity (Wildman–Crippen MR) is 78.1 cm³/mol. The van der Waals surface area contributed by atoms with Gasteiger partial charge in [-0.05, 0) is 47.0 Å². The maximum absolute atomic E-state index is 12.9. The van der Waals surface area contributed by atoms with Crippen molar-refractivity contribution < 1.29 is 23.9 Å². The molecule has 1 aliphatic carbocycles. The smallest absolute Gasteiger partial charge is 0.347 e. The molecule has 5 nitrogen and oxygen atoms in total. The number of ether oxygens (including phenoxy) is 2. The zero-order chi connectivity index (χ0) is 16.4. The molecular weight excluding hydrogens is 284 g/mol. The highest BCUT2D eigenvalue weighted by atomic mass is 16.6. The van der Waals surface area contributed by atoms with E-state index in [-0.39, 0.29) is 18.1 Å². The lowest BCUT2D eigenvalue weighted by molar-refractivity contribution is -0.208. The van der Waals surface area contributed by atoms with Gasteiger partial charge in [0.1, 0.15) is 11.9 Å². The topological polar surface area (TPSA) is 69.7 Å². The second kappa shape index (κ2) is 4.40. The van der Waals surface area contributed by atoms with E-state index in [2.05, 4.69) is 0 Å². The summed E-state index contributed by atoms with van der Waals surface area (Å²) in [7, 11) is 0. The third-order valence-electron chi connectivity index (χ3n) is 5.67. The van der Waals surface area contributed by atoms with Gasteiger partial charge in [-0.25, -0.2) is 4.79 Å². The number of aldehydes is 1. The average molecular weight is 308 g/mol. The van der Waals surface area contributed by atoms with Gasteiger partial charge in [-0.3, -0.25) is 4.79 Å². The standard InChI is InChI=1S/C17H24O5/c1-14(2,3)21-13(20)17-12(19)7-9-16(22-17)8-5-6-11(16)15(17,4)10-18/h10-11H,5-9H2,1-4H3. The van der Waals surface area contributed by atoms with E-state index in [0.29, 0.717) is 6.42 Å². The molecule has 0 aromatic carbocycles. The number of carbonyl (C=O) groups is 3. The van der Waals surface area contributed by atoms with Crippen LogP contribution in [0.15, 0.2) is 0 Å². The number of carbonyl (C=O) groups excluding carboxylic acids is 3. The fourth-order valence-corrected chi connectivity index (χ4v) is 4.77. The monoisotopic (exact) mass is 308 g/mol.